The predicted molar refractivity (Wildman–Crippen MR) is 106 cm³/mol. The van der Waals surface area contributed by atoms with E-state index < -0.39 is 0 Å². The molecule has 0 amide bonds. The molecular formula is C24H34I-. The summed E-state index contributed by atoms with van der Waals surface area (Å²) >= 11 is -0.0426. The van der Waals surface area contributed by atoms with Gasteiger partial charge in [-0.15, -0.1) is 0 Å². The van der Waals surface area contributed by atoms with Gasteiger partial charge >= 0.3 is 159 Å². The SMILES string of the molecule is CCCCCCCCCc1ccc([I-]c2ccc(C(C)C)cc2)cc1. The Hall–Kier alpha value is -0.830. The molecule has 0 aromatic heterocycles. The molecule has 0 spiro atoms. The van der Waals surface area contributed by atoms with Gasteiger partial charge in [0.25, 0.3) is 0 Å². The third-order valence-corrected chi connectivity index (χ3v) is 7.42. The fraction of sp³-hybridized carbons (Fsp3) is 0.500. The van der Waals surface area contributed by atoms with Gasteiger partial charge in [-0.1, -0.05) is 6.92 Å². The summed E-state index contributed by atoms with van der Waals surface area (Å²) in [4.78, 5) is 0. The van der Waals surface area contributed by atoms with Crippen molar-refractivity contribution in [3.8, 4) is 0 Å². The van der Waals surface area contributed by atoms with E-state index in [0.29, 0.717) is 5.92 Å². The summed E-state index contributed by atoms with van der Waals surface area (Å²) in [6.07, 6.45) is 11.0. The van der Waals surface area contributed by atoms with Crippen LogP contribution in [0.25, 0.3) is 0 Å². The summed E-state index contributed by atoms with van der Waals surface area (Å²) in [5.74, 6) is 0.623. The van der Waals surface area contributed by atoms with Crippen molar-refractivity contribution in [2.24, 2.45) is 0 Å². The van der Waals surface area contributed by atoms with Gasteiger partial charge in [0.2, 0.25) is 0 Å². The Kier molecular flexibility index (Phi) is 9.60. The minimum atomic E-state index is -0.0426. The van der Waals surface area contributed by atoms with Gasteiger partial charge in [-0.05, 0) is 0 Å². The minimum absolute atomic E-state index is 0.0426. The van der Waals surface area contributed by atoms with E-state index in [0.717, 1.165) is 0 Å². The second kappa shape index (κ2) is 11.7. The molecule has 2 aromatic rings. The summed E-state index contributed by atoms with van der Waals surface area (Å²) < 4.78 is 3.04. The van der Waals surface area contributed by atoms with Crippen LogP contribution in [0.1, 0.15) is 82.8 Å². The van der Waals surface area contributed by atoms with Crippen molar-refractivity contribution in [3.63, 3.8) is 0 Å². The molecule has 2 rings (SSSR count). The average molecular weight is 449 g/mol. The number of benzene rings is 2. The summed E-state index contributed by atoms with van der Waals surface area (Å²) in [6, 6.07) is 18.7. The number of halogens is 1. The molecule has 0 radical (unpaired) electrons. The van der Waals surface area contributed by atoms with Gasteiger partial charge in [0.05, 0.1) is 0 Å². The van der Waals surface area contributed by atoms with E-state index in [9.17, 15) is 0 Å². The van der Waals surface area contributed by atoms with Gasteiger partial charge in [0.15, 0.2) is 0 Å². The number of hydrogen-bond acceptors (Lipinski definition) is 0. The van der Waals surface area contributed by atoms with Crippen LogP contribution in [0.3, 0.4) is 0 Å². The molecule has 25 heavy (non-hydrogen) atoms. The number of rotatable bonds is 11. The van der Waals surface area contributed by atoms with Gasteiger partial charge in [0, 0.05) is 0 Å². The molecule has 0 fully saturated rings. The molecule has 0 saturated carbocycles. The molecule has 0 heterocycles. The van der Waals surface area contributed by atoms with Crippen molar-refractivity contribution in [3.05, 3.63) is 66.8 Å². The monoisotopic (exact) mass is 449 g/mol. The first-order chi connectivity index (χ1) is 12.2. The molecule has 1 heteroatoms. The average Bonchev–Trinajstić information content (AvgIpc) is 2.63. The van der Waals surface area contributed by atoms with Crippen LogP contribution in [0.2, 0.25) is 0 Å². The second-order valence-corrected chi connectivity index (χ2v) is 10.3. The molecule has 0 nitrogen and oxygen atoms in total. The Morgan fingerprint density at radius 2 is 1.20 bits per heavy atom. The normalized spacial score (nSPS) is 11.4. The fourth-order valence-corrected chi connectivity index (χ4v) is 5.19. The fourth-order valence-electron chi connectivity index (χ4n) is 3.04. The van der Waals surface area contributed by atoms with Gasteiger partial charge in [-0.3, -0.25) is 0 Å². The van der Waals surface area contributed by atoms with E-state index >= 15 is 0 Å². The van der Waals surface area contributed by atoms with E-state index in [1.807, 2.05) is 0 Å². The van der Waals surface area contributed by atoms with E-state index in [1.165, 1.54) is 69.6 Å². The number of aryl methyl sites for hydroxylation is 1. The van der Waals surface area contributed by atoms with Crippen LogP contribution in [0, 0.1) is 7.14 Å². The first-order valence-corrected chi connectivity index (χ1v) is 12.2. The van der Waals surface area contributed by atoms with E-state index in [1.54, 1.807) is 0 Å². The molecule has 0 unspecified atom stereocenters. The van der Waals surface area contributed by atoms with Crippen LogP contribution in [-0.2, 0) is 6.42 Å². The number of unbranched alkanes of at least 4 members (excludes halogenated alkanes) is 6. The molecule has 0 aliphatic heterocycles. The van der Waals surface area contributed by atoms with Crippen molar-refractivity contribution in [1.82, 2.24) is 0 Å². The molecule has 0 aliphatic carbocycles. The summed E-state index contributed by atoms with van der Waals surface area (Å²) in [5.41, 5.74) is 2.95. The summed E-state index contributed by atoms with van der Waals surface area (Å²) in [6.45, 7) is 6.80. The van der Waals surface area contributed by atoms with Crippen LogP contribution in [0.5, 0.6) is 0 Å². The van der Waals surface area contributed by atoms with Crippen LogP contribution < -0.4 is 21.2 Å². The van der Waals surface area contributed by atoms with E-state index in [-0.39, 0.29) is 21.2 Å². The second-order valence-electron chi connectivity index (χ2n) is 7.30. The van der Waals surface area contributed by atoms with Gasteiger partial charge < -0.3 is 0 Å². The van der Waals surface area contributed by atoms with Crippen LogP contribution >= 0.6 is 0 Å². The Balaban J connectivity index is 1.72. The van der Waals surface area contributed by atoms with E-state index in [4.69, 9.17) is 0 Å². The number of hydrogen-bond donors (Lipinski definition) is 0. The van der Waals surface area contributed by atoms with Gasteiger partial charge in [-0.25, -0.2) is 0 Å². The van der Waals surface area contributed by atoms with Crippen molar-refractivity contribution in [2.75, 3.05) is 0 Å². The van der Waals surface area contributed by atoms with Gasteiger partial charge in [-0.2, -0.15) is 0 Å². The Bertz CT molecular complexity index is 580. The topological polar surface area (TPSA) is 0 Å². The first kappa shape index (κ1) is 20.5. The molecular weight excluding hydrogens is 415 g/mol. The standard InChI is InChI=1S/C24H34I/c1-4-5-6-7-8-9-10-11-21-12-16-23(17-13-21)25-24-18-14-22(15-19-24)20(2)3/h12-20H,4-11H2,1-3H3/q-1. The summed E-state index contributed by atoms with van der Waals surface area (Å²) in [5, 5.41) is 0. The van der Waals surface area contributed by atoms with E-state index in [2.05, 4.69) is 69.3 Å². The Morgan fingerprint density at radius 3 is 1.76 bits per heavy atom. The first-order valence-electron chi connectivity index (χ1n) is 10.0. The Labute approximate surface area is 165 Å². The third kappa shape index (κ3) is 7.94. The van der Waals surface area contributed by atoms with Crippen molar-refractivity contribution >= 4 is 0 Å². The molecule has 138 valence electrons. The molecule has 0 N–H and O–H groups in total. The maximum absolute atomic E-state index is 2.36. The predicted octanol–water partition coefficient (Wildman–Crippen LogP) is 4.23. The van der Waals surface area contributed by atoms with Crippen molar-refractivity contribution < 1.29 is 21.2 Å². The Morgan fingerprint density at radius 1 is 0.680 bits per heavy atom. The summed E-state index contributed by atoms with van der Waals surface area (Å²) in [7, 11) is 0. The molecule has 0 aliphatic rings. The maximum atomic E-state index is 2.36. The zero-order chi connectivity index (χ0) is 17.9. The molecule has 0 atom stereocenters. The van der Waals surface area contributed by atoms with Gasteiger partial charge in [0.1, 0.15) is 0 Å². The molecule has 0 saturated heterocycles. The van der Waals surface area contributed by atoms with Crippen molar-refractivity contribution in [2.45, 2.75) is 78.1 Å². The molecule has 2 aromatic carbocycles. The quantitative estimate of drug-likeness (QED) is 0.356. The van der Waals surface area contributed by atoms with Crippen LogP contribution in [0.4, 0.5) is 0 Å². The van der Waals surface area contributed by atoms with Crippen molar-refractivity contribution in [1.29, 1.82) is 0 Å². The molecule has 0 bridgehead atoms. The third-order valence-electron chi connectivity index (χ3n) is 4.74. The van der Waals surface area contributed by atoms with Crippen LogP contribution in [0.15, 0.2) is 48.5 Å². The zero-order valence-corrected chi connectivity index (χ0v) is 18.4. The van der Waals surface area contributed by atoms with Crippen LogP contribution in [-0.4, -0.2) is 0 Å². The zero-order valence-electron chi connectivity index (χ0n) is 16.2.